The second kappa shape index (κ2) is 13.3. The topological polar surface area (TPSA) is 110 Å². The van der Waals surface area contributed by atoms with E-state index in [4.69, 9.17) is 30.3 Å². The molecule has 0 aliphatic carbocycles. The Labute approximate surface area is 101 Å². The Morgan fingerprint density at radius 1 is 0.882 bits per heavy atom. The van der Waals surface area contributed by atoms with Crippen LogP contribution in [0.15, 0.2) is 25.3 Å². The van der Waals surface area contributed by atoms with Crippen LogP contribution in [0.4, 0.5) is 0 Å². The first-order valence-corrected chi connectivity index (χ1v) is 5.10. The van der Waals surface area contributed by atoms with Gasteiger partial charge >= 0.3 is 0 Å². The molecule has 0 saturated carbocycles. The average Bonchev–Trinajstić information content (AvgIpc) is 2.37. The van der Waals surface area contributed by atoms with Gasteiger partial charge in [0.05, 0.1) is 26.4 Å². The van der Waals surface area contributed by atoms with Crippen molar-refractivity contribution in [2.75, 3.05) is 26.4 Å². The highest BCUT2D eigenvalue weighted by Crippen LogP contribution is 1.97. The summed E-state index contributed by atoms with van der Waals surface area (Å²) in [5, 5.41) is 42.6. The lowest BCUT2D eigenvalue weighted by atomic mass is 10.1. The van der Waals surface area contributed by atoms with Crippen LogP contribution in [0.5, 0.6) is 0 Å². The summed E-state index contributed by atoms with van der Waals surface area (Å²) in [4.78, 5) is 0. The monoisotopic (exact) mass is 250 g/mol. The van der Waals surface area contributed by atoms with Crippen LogP contribution in [0.3, 0.4) is 0 Å². The van der Waals surface area contributed by atoms with Gasteiger partial charge in [-0.3, -0.25) is 0 Å². The molecule has 0 saturated heterocycles. The zero-order valence-corrected chi connectivity index (χ0v) is 9.77. The molecule has 0 aromatic rings. The van der Waals surface area contributed by atoms with Crippen molar-refractivity contribution in [3.05, 3.63) is 25.3 Å². The van der Waals surface area contributed by atoms with Gasteiger partial charge in [0, 0.05) is 0 Å². The van der Waals surface area contributed by atoms with Crippen molar-refractivity contribution in [3.63, 3.8) is 0 Å². The predicted molar refractivity (Wildman–Crippen MR) is 63.4 cm³/mol. The van der Waals surface area contributed by atoms with Gasteiger partial charge < -0.3 is 30.3 Å². The Kier molecular flexibility index (Phi) is 14.6. The highest BCUT2D eigenvalue weighted by molar-refractivity contribution is 4.73. The molecule has 0 amide bonds. The number of ether oxygens (including phenoxy) is 1. The number of aliphatic hydroxyl groups excluding tert-OH is 5. The first-order valence-electron chi connectivity index (χ1n) is 5.10. The largest absolute Gasteiger partial charge is 0.394 e. The summed E-state index contributed by atoms with van der Waals surface area (Å²) >= 11 is 0. The summed E-state index contributed by atoms with van der Waals surface area (Å²) in [5.74, 6) is 0. The van der Waals surface area contributed by atoms with E-state index in [9.17, 15) is 0 Å². The van der Waals surface area contributed by atoms with Gasteiger partial charge in [0.2, 0.25) is 0 Å². The van der Waals surface area contributed by atoms with Crippen LogP contribution in [0.2, 0.25) is 0 Å². The number of rotatable bonds is 8. The minimum Gasteiger partial charge on any atom is -0.394 e. The smallest absolute Gasteiger partial charge is 0.110 e. The fraction of sp³-hybridized carbons (Fsp3) is 0.636. The Balaban J connectivity index is 0. The van der Waals surface area contributed by atoms with Gasteiger partial charge in [-0.1, -0.05) is 12.2 Å². The van der Waals surface area contributed by atoms with Crippen molar-refractivity contribution in [1.29, 1.82) is 0 Å². The van der Waals surface area contributed by atoms with E-state index in [1.54, 1.807) is 12.2 Å². The molecule has 6 nitrogen and oxygen atoms in total. The fourth-order valence-corrected chi connectivity index (χ4v) is 0.707. The summed E-state index contributed by atoms with van der Waals surface area (Å²) in [7, 11) is 0. The van der Waals surface area contributed by atoms with E-state index in [1.807, 2.05) is 0 Å². The van der Waals surface area contributed by atoms with Crippen molar-refractivity contribution in [2.45, 2.75) is 18.3 Å². The maximum Gasteiger partial charge on any atom is 0.110 e. The quantitative estimate of drug-likeness (QED) is 0.263. The summed E-state index contributed by atoms with van der Waals surface area (Å²) in [6.07, 6.45) is -0.869. The average molecular weight is 250 g/mol. The van der Waals surface area contributed by atoms with E-state index >= 15 is 0 Å². The SMILES string of the molecule is C=CCOCC=C.OCC(O)C(O)C(O)CO. The lowest BCUT2D eigenvalue weighted by Crippen LogP contribution is -2.41. The Bertz CT molecular complexity index is 167. The summed E-state index contributed by atoms with van der Waals surface area (Å²) in [5.41, 5.74) is 0. The van der Waals surface area contributed by atoms with E-state index in [1.165, 1.54) is 0 Å². The number of hydrogen-bond acceptors (Lipinski definition) is 6. The molecule has 0 radical (unpaired) electrons. The van der Waals surface area contributed by atoms with Crippen LogP contribution in [0.25, 0.3) is 0 Å². The van der Waals surface area contributed by atoms with E-state index in [0.717, 1.165) is 0 Å². The molecule has 0 aliphatic heterocycles. The first kappa shape index (κ1) is 18.6. The van der Waals surface area contributed by atoms with Crippen LogP contribution in [-0.2, 0) is 4.74 Å². The molecule has 0 heterocycles. The summed E-state index contributed by atoms with van der Waals surface area (Å²) in [6, 6.07) is 0. The van der Waals surface area contributed by atoms with Gasteiger partial charge in [-0.25, -0.2) is 0 Å². The maximum absolute atomic E-state index is 8.77. The van der Waals surface area contributed by atoms with E-state index in [0.29, 0.717) is 13.2 Å². The molecule has 5 N–H and O–H groups in total. The lowest BCUT2D eigenvalue weighted by Gasteiger charge is -2.19. The van der Waals surface area contributed by atoms with E-state index < -0.39 is 31.5 Å². The third-order valence-electron chi connectivity index (χ3n) is 1.63. The Morgan fingerprint density at radius 3 is 1.47 bits per heavy atom. The molecule has 17 heavy (non-hydrogen) atoms. The van der Waals surface area contributed by atoms with Crippen molar-refractivity contribution in [3.8, 4) is 0 Å². The van der Waals surface area contributed by atoms with Gasteiger partial charge in [0.1, 0.15) is 18.3 Å². The molecule has 2 unspecified atom stereocenters. The van der Waals surface area contributed by atoms with Gasteiger partial charge in [0.15, 0.2) is 0 Å². The maximum atomic E-state index is 8.77. The van der Waals surface area contributed by atoms with Gasteiger partial charge in [-0.2, -0.15) is 0 Å². The van der Waals surface area contributed by atoms with Crippen LogP contribution >= 0.6 is 0 Å². The van der Waals surface area contributed by atoms with Crippen LogP contribution in [0.1, 0.15) is 0 Å². The molecule has 6 heteroatoms. The minimum absolute atomic E-state index is 0.617. The van der Waals surface area contributed by atoms with Crippen LogP contribution < -0.4 is 0 Å². The highest BCUT2D eigenvalue weighted by atomic mass is 16.5. The molecule has 0 aliphatic rings. The second-order valence-corrected chi connectivity index (χ2v) is 3.11. The molecule has 0 bridgehead atoms. The van der Waals surface area contributed by atoms with Crippen molar-refractivity contribution in [2.24, 2.45) is 0 Å². The van der Waals surface area contributed by atoms with Gasteiger partial charge in [-0.05, 0) is 0 Å². The molecule has 0 aromatic carbocycles. The molecule has 0 spiro atoms. The fourth-order valence-electron chi connectivity index (χ4n) is 0.707. The van der Waals surface area contributed by atoms with E-state index in [-0.39, 0.29) is 0 Å². The molecule has 0 aromatic heterocycles. The Hall–Kier alpha value is -0.760. The molecular formula is C11H22O6. The first-order chi connectivity index (χ1) is 8.04. The number of aliphatic hydroxyl groups is 5. The molecule has 0 fully saturated rings. The summed E-state index contributed by atoms with van der Waals surface area (Å²) in [6.45, 7) is 6.90. The van der Waals surface area contributed by atoms with Crippen LogP contribution in [0, 0.1) is 0 Å². The van der Waals surface area contributed by atoms with Gasteiger partial charge in [-0.15, -0.1) is 13.2 Å². The highest BCUT2D eigenvalue weighted by Gasteiger charge is 2.22. The van der Waals surface area contributed by atoms with Crippen molar-refractivity contribution >= 4 is 0 Å². The van der Waals surface area contributed by atoms with E-state index in [2.05, 4.69) is 13.2 Å². The summed E-state index contributed by atoms with van der Waals surface area (Å²) < 4.78 is 4.90. The minimum atomic E-state index is -1.49. The zero-order chi connectivity index (χ0) is 13.7. The molecule has 0 rings (SSSR count). The third kappa shape index (κ3) is 11.5. The zero-order valence-electron chi connectivity index (χ0n) is 9.77. The standard InChI is InChI=1S/C6H10O.C5H12O5/c1-3-5-7-6-4-2;6-1-3(8)5(10)4(9)2-7/h3-4H,1-2,5-6H2;3-10H,1-2H2. The van der Waals surface area contributed by atoms with Crippen LogP contribution in [-0.4, -0.2) is 70.3 Å². The van der Waals surface area contributed by atoms with Gasteiger partial charge in [0.25, 0.3) is 0 Å². The molecule has 102 valence electrons. The lowest BCUT2D eigenvalue weighted by molar-refractivity contribution is -0.0900. The second-order valence-electron chi connectivity index (χ2n) is 3.11. The normalized spacial score (nSPS) is 15.1. The van der Waals surface area contributed by atoms with Crippen molar-refractivity contribution in [1.82, 2.24) is 0 Å². The molecule has 2 atom stereocenters. The van der Waals surface area contributed by atoms with Crippen molar-refractivity contribution < 1.29 is 30.3 Å². The predicted octanol–water partition coefficient (Wildman–Crippen LogP) is -1.57. The Morgan fingerprint density at radius 2 is 1.24 bits per heavy atom. The third-order valence-corrected chi connectivity index (χ3v) is 1.63. The number of hydrogen-bond donors (Lipinski definition) is 5. The molecular weight excluding hydrogens is 228 g/mol.